The number of nitrogens with one attached hydrogen (secondary N) is 1. The first-order valence-corrected chi connectivity index (χ1v) is 6.55. The van der Waals surface area contributed by atoms with Crippen molar-refractivity contribution in [3.63, 3.8) is 0 Å². The molecule has 0 spiro atoms. The number of hydrogen-bond acceptors (Lipinski definition) is 2. The van der Waals surface area contributed by atoms with Crippen LogP contribution < -0.4 is 5.32 Å². The topological polar surface area (TPSA) is 29.9 Å². The Morgan fingerprint density at radius 2 is 2.11 bits per heavy atom. The van der Waals surface area contributed by atoms with Gasteiger partial charge in [0, 0.05) is 18.3 Å². The Labute approximate surface area is 113 Å². The summed E-state index contributed by atoms with van der Waals surface area (Å²) in [5, 5.41) is 8.53. The lowest BCUT2D eigenvalue weighted by atomic mass is 10.0. The summed E-state index contributed by atoms with van der Waals surface area (Å²) in [6.07, 6.45) is 2.69. The van der Waals surface area contributed by atoms with E-state index in [0.29, 0.717) is 0 Å². The van der Waals surface area contributed by atoms with Gasteiger partial charge in [0.1, 0.15) is 0 Å². The van der Waals surface area contributed by atoms with E-state index < -0.39 is 0 Å². The van der Waals surface area contributed by atoms with Crippen molar-refractivity contribution in [2.24, 2.45) is 7.05 Å². The Morgan fingerprint density at radius 1 is 1.33 bits per heavy atom. The Bertz CT molecular complexity index is 507. The van der Waals surface area contributed by atoms with Gasteiger partial charge in [0.2, 0.25) is 0 Å². The number of likely N-dealkylation sites (N-methyl/N-ethyl adjacent to an activating group) is 1. The first-order chi connectivity index (χ1) is 8.72. The molecule has 0 radical (unpaired) electrons. The molecule has 2 rings (SSSR count). The van der Waals surface area contributed by atoms with Crippen LogP contribution in [0, 0.1) is 0 Å². The summed E-state index contributed by atoms with van der Waals surface area (Å²) in [7, 11) is 1.96. The average molecular weight is 264 g/mol. The maximum Gasteiger partial charge on any atom is 0.0553 e. The largest absolute Gasteiger partial charge is 0.309 e. The van der Waals surface area contributed by atoms with Crippen LogP contribution in [-0.2, 0) is 13.5 Å². The van der Waals surface area contributed by atoms with Gasteiger partial charge in [-0.15, -0.1) is 0 Å². The van der Waals surface area contributed by atoms with Crippen molar-refractivity contribution in [2.75, 3.05) is 6.54 Å². The SMILES string of the molecule is CCNC(Cc1ccccc1Cl)c1ccnn1C. The quantitative estimate of drug-likeness (QED) is 0.899. The highest BCUT2D eigenvalue weighted by Gasteiger charge is 2.15. The number of benzene rings is 1. The molecule has 96 valence electrons. The molecular formula is C14H18ClN3. The van der Waals surface area contributed by atoms with Crippen molar-refractivity contribution in [3.8, 4) is 0 Å². The van der Waals surface area contributed by atoms with Crippen molar-refractivity contribution >= 4 is 11.6 Å². The second kappa shape index (κ2) is 6.03. The Kier molecular flexibility index (Phi) is 4.39. The normalized spacial score (nSPS) is 12.6. The van der Waals surface area contributed by atoms with Gasteiger partial charge in [0.15, 0.2) is 0 Å². The first kappa shape index (κ1) is 13.1. The molecule has 1 aromatic carbocycles. The van der Waals surface area contributed by atoms with E-state index in [4.69, 9.17) is 11.6 Å². The van der Waals surface area contributed by atoms with E-state index in [1.807, 2.05) is 42.2 Å². The Balaban J connectivity index is 2.22. The fourth-order valence-corrected chi connectivity index (χ4v) is 2.35. The first-order valence-electron chi connectivity index (χ1n) is 6.17. The molecule has 2 aromatic rings. The maximum atomic E-state index is 6.22. The predicted octanol–water partition coefficient (Wildman–Crippen LogP) is 2.97. The molecule has 0 aliphatic rings. The van der Waals surface area contributed by atoms with Gasteiger partial charge in [-0.1, -0.05) is 36.7 Å². The number of halogens is 1. The standard InChI is InChI=1S/C14H18ClN3/c1-3-16-13(14-8-9-17-18(14)2)10-11-6-4-5-7-12(11)15/h4-9,13,16H,3,10H2,1-2H3. The van der Waals surface area contributed by atoms with Crippen LogP contribution in [0.1, 0.15) is 24.2 Å². The van der Waals surface area contributed by atoms with Crippen molar-refractivity contribution in [3.05, 3.63) is 52.8 Å². The molecule has 0 fully saturated rings. The summed E-state index contributed by atoms with van der Waals surface area (Å²) < 4.78 is 1.91. The predicted molar refractivity (Wildman–Crippen MR) is 74.8 cm³/mol. The third-order valence-corrected chi connectivity index (χ3v) is 3.42. The van der Waals surface area contributed by atoms with Crippen molar-refractivity contribution in [1.29, 1.82) is 0 Å². The van der Waals surface area contributed by atoms with Crippen LogP contribution in [0.2, 0.25) is 5.02 Å². The monoisotopic (exact) mass is 263 g/mol. The highest BCUT2D eigenvalue weighted by atomic mass is 35.5. The molecule has 0 amide bonds. The molecule has 3 nitrogen and oxygen atoms in total. The van der Waals surface area contributed by atoms with Gasteiger partial charge in [0.25, 0.3) is 0 Å². The molecule has 1 unspecified atom stereocenters. The van der Waals surface area contributed by atoms with E-state index in [9.17, 15) is 0 Å². The second-order valence-electron chi connectivity index (χ2n) is 4.29. The highest BCUT2D eigenvalue weighted by Crippen LogP contribution is 2.23. The molecule has 0 saturated heterocycles. The highest BCUT2D eigenvalue weighted by molar-refractivity contribution is 6.31. The molecular weight excluding hydrogens is 246 g/mol. The van der Waals surface area contributed by atoms with E-state index in [1.54, 1.807) is 0 Å². The van der Waals surface area contributed by atoms with Crippen LogP contribution in [0.15, 0.2) is 36.5 Å². The Morgan fingerprint density at radius 3 is 2.72 bits per heavy atom. The van der Waals surface area contributed by atoms with Gasteiger partial charge in [0.05, 0.1) is 11.7 Å². The molecule has 0 aliphatic carbocycles. The molecule has 1 N–H and O–H groups in total. The number of aryl methyl sites for hydroxylation is 1. The average Bonchev–Trinajstić information content (AvgIpc) is 2.78. The summed E-state index contributed by atoms with van der Waals surface area (Å²) >= 11 is 6.22. The maximum absolute atomic E-state index is 6.22. The second-order valence-corrected chi connectivity index (χ2v) is 4.69. The fourth-order valence-electron chi connectivity index (χ4n) is 2.14. The van der Waals surface area contributed by atoms with E-state index in [-0.39, 0.29) is 6.04 Å². The summed E-state index contributed by atoms with van der Waals surface area (Å²) in [5.41, 5.74) is 2.34. The molecule has 18 heavy (non-hydrogen) atoms. The molecule has 1 atom stereocenters. The van der Waals surface area contributed by atoms with Gasteiger partial charge in [-0.05, 0) is 30.7 Å². The van der Waals surface area contributed by atoms with Gasteiger partial charge >= 0.3 is 0 Å². The van der Waals surface area contributed by atoms with Crippen molar-refractivity contribution in [2.45, 2.75) is 19.4 Å². The van der Waals surface area contributed by atoms with Crippen molar-refractivity contribution < 1.29 is 0 Å². The molecule has 0 aliphatic heterocycles. The van der Waals surface area contributed by atoms with E-state index >= 15 is 0 Å². The van der Waals surface area contributed by atoms with Crippen LogP contribution >= 0.6 is 11.6 Å². The fraction of sp³-hybridized carbons (Fsp3) is 0.357. The Hall–Kier alpha value is -1.32. The van der Waals surface area contributed by atoms with Gasteiger partial charge < -0.3 is 5.32 Å². The number of rotatable bonds is 5. The zero-order valence-corrected chi connectivity index (χ0v) is 11.5. The lowest BCUT2D eigenvalue weighted by molar-refractivity contribution is 0.508. The van der Waals surface area contributed by atoms with Crippen LogP contribution in [0.3, 0.4) is 0 Å². The summed E-state index contributed by atoms with van der Waals surface area (Å²) in [5.74, 6) is 0. The molecule has 0 bridgehead atoms. The molecule has 0 saturated carbocycles. The molecule has 4 heteroatoms. The third-order valence-electron chi connectivity index (χ3n) is 3.05. The van der Waals surface area contributed by atoms with Gasteiger partial charge in [-0.3, -0.25) is 4.68 Å². The number of hydrogen-bond donors (Lipinski definition) is 1. The smallest absolute Gasteiger partial charge is 0.0553 e. The lowest BCUT2D eigenvalue weighted by Gasteiger charge is -2.19. The van der Waals surface area contributed by atoms with Gasteiger partial charge in [-0.25, -0.2) is 0 Å². The minimum Gasteiger partial charge on any atom is -0.309 e. The van der Waals surface area contributed by atoms with E-state index in [1.165, 1.54) is 5.69 Å². The van der Waals surface area contributed by atoms with Crippen LogP contribution in [0.25, 0.3) is 0 Å². The minimum absolute atomic E-state index is 0.238. The zero-order valence-electron chi connectivity index (χ0n) is 10.7. The van der Waals surface area contributed by atoms with Crippen molar-refractivity contribution in [1.82, 2.24) is 15.1 Å². The van der Waals surface area contributed by atoms with Crippen LogP contribution in [0.4, 0.5) is 0 Å². The summed E-state index contributed by atoms with van der Waals surface area (Å²) in [6, 6.07) is 10.3. The number of aromatic nitrogens is 2. The summed E-state index contributed by atoms with van der Waals surface area (Å²) in [6.45, 7) is 3.02. The van der Waals surface area contributed by atoms with Crippen LogP contribution in [-0.4, -0.2) is 16.3 Å². The summed E-state index contributed by atoms with van der Waals surface area (Å²) in [4.78, 5) is 0. The minimum atomic E-state index is 0.238. The lowest BCUT2D eigenvalue weighted by Crippen LogP contribution is -2.25. The number of nitrogens with zero attached hydrogens (tertiary/aromatic N) is 2. The van der Waals surface area contributed by atoms with E-state index in [2.05, 4.69) is 23.4 Å². The zero-order chi connectivity index (χ0) is 13.0. The van der Waals surface area contributed by atoms with E-state index in [0.717, 1.165) is 23.6 Å². The van der Waals surface area contributed by atoms with Crippen LogP contribution in [0.5, 0.6) is 0 Å². The van der Waals surface area contributed by atoms with Gasteiger partial charge in [-0.2, -0.15) is 5.10 Å². The third kappa shape index (κ3) is 2.92. The molecule has 1 aromatic heterocycles. The molecule has 1 heterocycles.